The molecule has 0 amide bonds. The second kappa shape index (κ2) is 7.45. The normalized spacial score (nSPS) is 15.3. The van der Waals surface area contributed by atoms with Crippen LogP contribution >= 0.6 is 19.0 Å². The van der Waals surface area contributed by atoms with E-state index in [9.17, 15) is 13.0 Å². The minimum absolute atomic E-state index is 0.0487. The molecule has 0 aliphatic rings. The summed E-state index contributed by atoms with van der Waals surface area (Å²) in [7, 11) is -7.28. The fourth-order valence-electron chi connectivity index (χ4n) is 1.94. The van der Waals surface area contributed by atoms with Crippen molar-refractivity contribution in [3.63, 3.8) is 0 Å². The van der Waals surface area contributed by atoms with Gasteiger partial charge in [0.05, 0.1) is 11.1 Å². The first-order valence-corrected chi connectivity index (χ1v) is 10.9. The Labute approximate surface area is 137 Å². The second-order valence-corrected chi connectivity index (χ2v) is 10.1. The van der Waals surface area contributed by atoms with E-state index in [-0.39, 0.29) is 21.9 Å². The van der Waals surface area contributed by atoms with Crippen molar-refractivity contribution in [3.8, 4) is 0 Å². The molecular weight excluding hydrogens is 347 g/mol. The third kappa shape index (κ3) is 5.36. The lowest BCUT2D eigenvalue weighted by Crippen LogP contribution is -2.13. The smallest absolute Gasteiger partial charge is 0.299 e. The molecule has 8 heteroatoms. The van der Waals surface area contributed by atoms with Gasteiger partial charge in [-0.1, -0.05) is 37.6 Å². The van der Waals surface area contributed by atoms with Gasteiger partial charge in [0.15, 0.2) is 0 Å². The lowest BCUT2D eigenvalue weighted by Gasteiger charge is -2.18. The molecule has 0 aromatic heterocycles. The van der Waals surface area contributed by atoms with Crippen LogP contribution < -0.4 is 0 Å². The van der Waals surface area contributed by atoms with Crippen molar-refractivity contribution in [2.45, 2.75) is 44.6 Å². The Bertz CT molecular complexity index is 670. The summed E-state index contributed by atoms with van der Waals surface area (Å²) in [6.45, 7) is 8.50. The molecule has 1 atom stereocenters. The first kappa shape index (κ1) is 19.7. The number of hydrogen-bond acceptors (Lipinski definition) is 5. The summed E-state index contributed by atoms with van der Waals surface area (Å²) in [5, 5.41) is 0.0851. The van der Waals surface area contributed by atoms with Crippen molar-refractivity contribution < 1.29 is 21.7 Å². The lowest BCUT2D eigenvalue weighted by atomic mass is 10.0. The van der Waals surface area contributed by atoms with Crippen LogP contribution in [0.3, 0.4) is 0 Å². The third-order valence-corrected chi connectivity index (χ3v) is 6.20. The summed E-state index contributed by atoms with van der Waals surface area (Å²) in [6, 6.07) is 4.85. The van der Waals surface area contributed by atoms with Crippen LogP contribution in [-0.4, -0.2) is 27.5 Å². The van der Waals surface area contributed by atoms with E-state index in [0.717, 1.165) is 0 Å². The summed E-state index contributed by atoms with van der Waals surface area (Å²) in [5.41, 5.74) is 0.559. The van der Waals surface area contributed by atoms with Crippen LogP contribution in [0.2, 0.25) is 5.02 Å². The van der Waals surface area contributed by atoms with E-state index >= 15 is 0 Å². The molecule has 1 aromatic carbocycles. The van der Waals surface area contributed by atoms with Crippen molar-refractivity contribution in [2.75, 3.05) is 13.0 Å². The second-order valence-electron chi connectivity index (χ2n) is 5.68. The maximum Gasteiger partial charge on any atom is 0.299 e. The standard InChI is InChI=1S/C14H22ClO5PS/c1-10(2)12-7-6-8-13(15)14(12)22(17,18)19-9-21(5,16)20-11(3)4/h6-8,10-11H,9H2,1-5H3. The summed E-state index contributed by atoms with van der Waals surface area (Å²) < 4.78 is 47.2. The van der Waals surface area contributed by atoms with Gasteiger partial charge in [-0.3, -0.25) is 8.75 Å². The SMILES string of the molecule is CC(C)OP(C)(=O)COS(=O)(=O)c1c(Cl)cccc1C(C)C. The zero-order valence-corrected chi connectivity index (χ0v) is 15.8. The number of hydrogen-bond donors (Lipinski definition) is 0. The Kier molecular flexibility index (Phi) is 6.66. The molecule has 0 saturated carbocycles. The first-order valence-electron chi connectivity index (χ1n) is 6.89. The monoisotopic (exact) mass is 368 g/mol. The molecule has 0 N–H and O–H groups in total. The summed E-state index contributed by atoms with van der Waals surface area (Å²) >= 11 is 6.03. The van der Waals surface area contributed by atoms with Gasteiger partial charge in [0, 0.05) is 6.66 Å². The van der Waals surface area contributed by atoms with Crippen LogP contribution in [-0.2, 0) is 23.4 Å². The van der Waals surface area contributed by atoms with Gasteiger partial charge in [-0.15, -0.1) is 0 Å². The Hall–Kier alpha value is -0.390. The van der Waals surface area contributed by atoms with Crippen molar-refractivity contribution in [1.29, 1.82) is 0 Å². The highest BCUT2D eigenvalue weighted by atomic mass is 35.5. The Morgan fingerprint density at radius 2 is 1.82 bits per heavy atom. The molecule has 1 unspecified atom stereocenters. The van der Waals surface area contributed by atoms with E-state index < -0.39 is 23.8 Å². The van der Waals surface area contributed by atoms with Crippen LogP contribution in [0.25, 0.3) is 0 Å². The van der Waals surface area contributed by atoms with Gasteiger partial charge in [0.2, 0.25) is 7.37 Å². The van der Waals surface area contributed by atoms with E-state index in [1.807, 2.05) is 13.8 Å². The largest absolute Gasteiger partial charge is 0.324 e. The Balaban J connectivity index is 3.09. The molecule has 5 nitrogen and oxygen atoms in total. The lowest BCUT2D eigenvalue weighted by molar-refractivity contribution is 0.230. The molecule has 1 aromatic rings. The van der Waals surface area contributed by atoms with Gasteiger partial charge in [0.25, 0.3) is 10.1 Å². The quantitative estimate of drug-likeness (QED) is 0.525. The topological polar surface area (TPSA) is 69.7 Å². The van der Waals surface area contributed by atoms with Crippen LogP contribution in [0, 0.1) is 0 Å². The van der Waals surface area contributed by atoms with Crippen LogP contribution in [0.15, 0.2) is 23.1 Å². The average molecular weight is 369 g/mol. The molecule has 1 rings (SSSR count). The van der Waals surface area contributed by atoms with Gasteiger partial charge in [-0.05, 0) is 31.4 Å². The predicted molar refractivity (Wildman–Crippen MR) is 88.4 cm³/mol. The van der Waals surface area contributed by atoms with Gasteiger partial charge in [-0.25, -0.2) is 0 Å². The maximum atomic E-state index is 12.4. The van der Waals surface area contributed by atoms with E-state index in [2.05, 4.69) is 0 Å². The van der Waals surface area contributed by atoms with Crippen LogP contribution in [0.1, 0.15) is 39.2 Å². The van der Waals surface area contributed by atoms with E-state index in [1.54, 1.807) is 26.0 Å². The van der Waals surface area contributed by atoms with E-state index in [0.29, 0.717) is 5.56 Å². The zero-order chi connectivity index (χ0) is 17.1. The summed E-state index contributed by atoms with van der Waals surface area (Å²) in [6.07, 6.45) is -0.801. The minimum Gasteiger partial charge on any atom is -0.324 e. The fourth-order valence-corrected chi connectivity index (χ4v) is 5.70. The van der Waals surface area contributed by atoms with Crippen LogP contribution in [0.5, 0.6) is 0 Å². The average Bonchev–Trinajstić information content (AvgIpc) is 2.34. The summed E-state index contributed by atoms with van der Waals surface area (Å²) in [4.78, 5) is -0.0730. The Morgan fingerprint density at radius 3 is 2.32 bits per heavy atom. The van der Waals surface area contributed by atoms with Crippen LogP contribution in [0.4, 0.5) is 0 Å². The van der Waals surface area contributed by atoms with Crippen molar-refractivity contribution in [1.82, 2.24) is 0 Å². The zero-order valence-electron chi connectivity index (χ0n) is 13.4. The number of benzene rings is 1. The molecule has 22 heavy (non-hydrogen) atoms. The molecule has 0 heterocycles. The van der Waals surface area contributed by atoms with Crippen molar-refractivity contribution >= 4 is 29.1 Å². The fraction of sp³-hybridized carbons (Fsp3) is 0.571. The summed E-state index contributed by atoms with van der Waals surface area (Å²) in [5.74, 6) is -0.0487. The van der Waals surface area contributed by atoms with E-state index in [1.165, 1.54) is 12.7 Å². The van der Waals surface area contributed by atoms with Crippen molar-refractivity contribution in [2.24, 2.45) is 0 Å². The number of halogens is 1. The van der Waals surface area contributed by atoms with Crippen molar-refractivity contribution in [3.05, 3.63) is 28.8 Å². The molecule has 0 spiro atoms. The maximum absolute atomic E-state index is 12.4. The van der Waals surface area contributed by atoms with E-state index in [4.69, 9.17) is 20.3 Å². The molecule has 0 saturated heterocycles. The Morgan fingerprint density at radius 1 is 1.23 bits per heavy atom. The van der Waals surface area contributed by atoms with Gasteiger partial charge in [0.1, 0.15) is 11.2 Å². The molecule has 0 bridgehead atoms. The number of rotatable bonds is 7. The minimum atomic E-state index is -4.12. The predicted octanol–water partition coefficient (Wildman–Crippen LogP) is 4.46. The highest BCUT2D eigenvalue weighted by Gasteiger charge is 2.28. The molecule has 0 fully saturated rings. The molecular formula is C14H22ClO5PS. The highest BCUT2D eigenvalue weighted by Crippen LogP contribution is 2.45. The molecule has 0 aliphatic heterocycles. The highest BCUT2D eigenvalue weighted by molar-refractivity contribution is 7.87. The first-order chi connectivity index (χ1) is 9.96. The van der Waals surface area contributed by atoms with Gasteiger partial charge < -0.3 is 4.52 Å². The van der Waals surface area contributed by atoms with Gasteiger partial charge >= 0.3 is 0 Å². The molecule has 0 aliphatic carbocycles. The molecule has 0 radical (unpaired) electrons. The molecule has 126 valence electrons. The van der Waals surface area contributed by atoms with Gasteiger partial charge in [-0.2, -0.15) is 8.42 Å². The third-order valence-electron chi connectivity index (χ3n) is 2.75.